The van der Waals surface area contributed by atoms with Crippen LogP contribution in [-0.2, 0) is 37.5 Å². The smallest absolute Gasteiger partial charge is 0.472 e. The number of hydrogen-bond donors (Lipinski definition) is 3. The van der Waals surface area contributed by atoms with E-state index in [0.717, 1.165) is 32.1 Å². The number of aliphatic carboxylic acids is 1. The molecule has 346 valence electrons. The lowest BCUT2D eigenvalue weighted by atomic mass is 10.1. The molecule has 1 unspecified atom stereocenters. The van der Waals surface area contributed by atoms with Crippen molar-refractivity contribution >= 4 is 25.7 Å². The fourth-order valence-corrected chi connectivity index (χ4v) is 6.85. The van der Waals surface area contributed by atoms with Crippen molar-refractivity contribution in [3.63, 3.8) is 0 Å². The molecule has 0 aromatic rings. The van der Waals surface area contributed by atoms with E-state index in [2.05, 4.69) is 60.9 Å². The molecule has 0 aliphatic heterocycles. The first-order valence-corrected chi connectivity index (χ1v) is 24.8. The van der Waals surface area contributed by atoms with Gasteiger partial charge in [-0.3, -0.25) is 23.4 Å². The van der Waals surface area contributed by atoms with Crippen LogP contribution in [0.15, 0.2) is 60.8 Å². The van der Waals surface area contributed by atoms with Crippen LogP contribution in [0.25, 0.3) is 0 Å². The van der Waals surface area contributed by atoms with Crippen LogP contribution < -0.4 is 5.73 Å². The number of allylic oxidation sites excluding steroid dienone is 10. The number of phosphoric acid groups is 1. The standard InChI is InChI=1S/C48H84NO10P/c1-3-5-7-9-11-13-15-17-19-20-21-22-23-24-26-28-30-32-34-36-38-40-47(51)59-44(42-57-60(54,55)58-43-45(49)48(52)53)41-56-46(50)39-37-35-33-31-29-27-25-18-16-14-12-10-8-6-4-2/h19-20,22-23,26,28,32-35,44-45H,3-18,21,24-25,27,29-31,36-43,49H2,1-2H3,(H,52,53)(H,54,55)/b20-19+,23-22+,28-26+,34-32+,35-33+/t44-,45-/m0/s1. The van der Waals surface area contributed by atoms with Gasteiger partial charge in [0.15, 0.2) is 6.10 Å². The zero-order valence-electron chi connectivity index (χ0n) is 37.5. The summed E-state index contributed by atoms with van der Waals surface area (Å²) in [5.41, 5.74) is 5.33. The highest BCUT2D eigenvalue weighted by molar-refractivity contribution is 7.47. The van der Waals surface area contributed by atoms with Crippen molar-refractivity contribution < 1.29 is 47.5 Å². The number of rotatable bonds is 43. The molecule has 0 saturated carbocycles. The quantitative estimate of drug-likeness (QED) is 0.0230. The number of phosphoric ester groups is 1. The molecule has 0 aromatic heterocycles. The number of carboxylic acid groups (broad SMARTS) is 1. The number of unbranched alkanes of at least 4 members (excludes halogenated alkanes) is 19. The van der Waals surface area contributed by atoms with Crippen molar-refractivity contribution in [2.24, 2.45) is 5.73 Å². The SMILES string of the molecule is CCCCCCCCC/C=C/C/C=C/C/C=C/C/C=C/CCCC(=O)O[C@@H](COC(=O)CC/C=C/CCCCCCCCCCCCC)COP(=O)(O)OC[C@H](N)C(=O)O. The Morgan fingerprint density at radius 1 is 0.517 bits per heavy atom. The van der Waals surface area contributed by atoms with Gasteiger partial charge < -0.3 is 25.2 Å². The highest BCUT2D eigenvalue weighted by Gasteiger charge is 2.28. The summed E-state index contributed by atoms with van der Waals surface area (Å²) in [4.78, 5) is 46.0. The van der Waals surface area contributed by atoms with Gasteiger partial charge in [-0.25, -0.2) is 4.57 Å². The Labute approximate surface area is 364 Å². The molecular formula is C48H84NO10P. The molecule has 0 saturated heterocycles. The predicted molar refractivity (Wildman–Crippen MR) is 245 cm³/mol. The average molecular weight is 866 g/mol. The molecule has 4 N–H and O–H groups in total. The summed E-state index contributed by atoms with van der Waals surface area (Å²) < 4.78 is 32.6. The minimum Gasteiger partial charge on any atom is -0.480 e. The van der Waals surface area contributed by atoms with Gasteiger partial charge in [-0.05, 0) is 64.2 Å². The summed E-state index contributed by atoms with van der Waals surface area (Å²) in [6, 6.07) is -1.54. The number of nitrogens with two attached hydrogens (primary N) is 1. The Kier molecular flexibility index (Phi) is 40.8. The monoisotopic (exact) mass is 866 g/mol. The molecule has 0 radical (unpaired) electrons. The lowest BCUT2D eigenvalue weighted by Gasteiger charge is -2.20. The molecule has 0 heterocycles. The summed E-state index contributed by atoms with van der Waals surface area (Å²) in [6.07, 6.45) is 50.2. The van der Waals surface area contributed by atoms with Crippen LogP contribution in [0.5, 0.6) is 0 Å². The maximum atomic E-state index is 12.6. The van der Waals surface area contributed by atoms with Crippen LogP contribution >= 0.6 is 7.82 Å². The second-order valence-corrected chi connectivity index (χ2v) is 17.0. The van der Waals surface area contributed by atoms with Gasteiger partial charge in [-0.1, -0.05) is 177 Å². The molecule has 0 bridgehead atoms. The molecule has 0 aliphatic carbocycles. The normalized spacial score (nSPS) is 14.2. The van der Waals surface area contributed by atoms with Crippen molar-refractivity contribution in [1.29, 1.82) is 0 Å². The summed E-state index contributed by atoms with van der Waals surface area (Å²) >= 11 is 0. The number of esters is 2. The van der Waals surface area contributed by atoms with Crippen LogP contribution in [0.2, 0.25) is 0 Å². The lowest BCUT2D eigenvalue weighted by molar-refractivity contribution is -0.161. The van der Waals surface area contributed by atoms with Gasteiger partial charge in [-0.15, -0.1) is 0 Å². The maximum Gasteiger partial charge on any atom is 0.472 e. The van der Waals surface area contributed by atoms with Gasteiger partial charge in [0, 0.05) is 12.8 Å². The molecule has 0 spiro atoms. The number of carbonyl (C=O) groups is 3. The van der Waals surface area contributed by atoms with Crippen molar-refractivity contribution in [3.8, 4) is 0 Å². The molecular weight excluding hydrogens is 781 g/mol. The molecule has 0 amide bonds. The van der Waals surface area contributed by atoms with Crippen molar-refractivity contribution in [3.05, 3.63) is 60.8 Å². The van der Waals surface area contributed by atoms with Crippen molar-refractivity contribution in [2.45, 2.75) is 206 Å². The Hall–Kier alpha value is -2.82. The number of ether oxygens (including phenoxy) is 2. The maximum absolute atomic E-state index is 12.6. The molecule has 11 nitrogen and oxygen atoms in total. The minimum absolute atomic E-state index is 0.0770. The summed E-state index contributed by atoms with van der Waals surface area (Å²) in [5.74, 6) is -2.51. The molecule has 0 aliphatic rings. The third kappa shape index (κ3) is 41.9. The highest BCUT2D eigenvalue weighted by Crippen LogP contribution is 2.43. The van der Waals surface area contributed by atoms with E-state index in [1.165, 1.54) is 116 Å². The number of carbonyl (C=O) groups excluding carboxylic acids is 2. The first-order valence-electron chi connectivity index (χ1n) is 23.3. The van der Waals surface area contributed by atoms with Gasteiger partial charge >= 0.3 is 25.7 Å². The van der Waals surface area contributed by atoms with Crippen molar-refractivity contribution in [1.82, 2.24) is 0 Å². The fraction of sp³-hybridized carbons (Fsp3) is 0.729. The second kappa shape index (κ2) is 42.9. The van der Waals surface area contributed by atoms with E-state index in [0.29, 0.717) is 19.3 Å². The second-order valence-electron chi connectivity index (χ2n) is 15.5. The third-order valence-electron chi connectivity index (χ3n) is 9.75. The van der Waals surface area contributed by atoms with E-state index in [1.54, 1.807) is 0 Å². The summed E-state index contributed by atoms with van der Waals surface area (Å²) in [5, 5.41) is 8.90. The Morgan fingerprint density at radius 3 is 1.40 bits per heavy atom. The number of carboxylic acids is 1. The van der Waals surface area contributed by atoms with Gasteiger partial charge in [0.2, 0.25) is 0 Å². The zero-order chi connectivity index (χ0) is 44.2. The van der Waals surface area contributed by atoms with E-state index in [4.69, 9.17) is 24.8 Å². The fourth-order valence-electron chi connectivity index (χ4n) is 6.07. The molecule has 3 atom stereocenters. The van der Waals surface area contributed by atoms with Crippen LogP contribution in [0.1, 0.15) is 194 Å². The van der Waals surface area contributed by atoms with Gasteiger partial charge in [0.05, 0.1) is 13.2 Å². The largest absolute Gasteiger partial charge is 0.480 e. The highest BCUT2D eigenvalue weighted by atomic mass is 31.2. The summed E-state index contributed by atoms with van der Waals surface area (Å²) in [7, 11) is -4.74. The molecule has 60 heavy (non-hydrogen) atoms. The van der Waals surface area contributed by atoms with Crippen LogP contribution in [0, 0.1) is 0 Å². The predicted octanol–water partition coefficient (Wildman–Crippen LogP) is 12.7. The summed E-state index contributed by atoms with van der Waals surface area (Å²) in [6.45, 7) is 2.71. The van der Waals surface area contributed by atoms with Crippen LogP contribution in [0.3, 0.4) is 0 Å². The van der Waals surface area contributed by atoms with E-state index in [-0.39, 0.29) is 19.4 Å². The number of hydrogen-bond acceptors (Lipinski definition) is 9. The Balaban J connectivity index is 4.46. The van der Waals surface area contributed by atoms with Crippen LogP contribution in [-0.4, -0.2) is 59.9 Å². The molecule has 0 rings (SSSR count). The molecule has 0 aromatic carbocycles. The molecule has 0 fully saturated rings. The van der Waals surface area contributed by atoms with E-state index >= 15 is 0 Å². The molecule has 12 heteroatoms. The third-order valence-corrected chi connectivity index (χ3v) is 10.7. The first-order chi connectivity index (χ1) is 29.1. The van der Waals surface area contributed by atoms with Gasteiger partial charge in [0.1, 0.15) is 12.6 Å². The minimum atomic E-state index is -4.74. The van der Waals surface area contributed by atoms with E-state index < -0.39 is 51.1 Å². The Morgan fingerprint density at radius 2 is 0.917 bits per heavy atom. The van der Waals surface area contributed by atoms with Crippen LogP contribution in [0.4, 0.5) is 0 Å². The average Bonchev–Trinajstić information content (AvgIpc) is 3.22. The zero-order valence-corrected chi connectivity index (χ0v) is 38.4. The van der Waals surface area contributed by atoms with Crippen molar-refractivity contribution in [2.75, 3.05) is 19.8 Å². The Bertz CT molecular complexity index is 1250. The van der Waals surface area contributed by atoms with E-state index in [9.17, 15) is 23.8 Å². The van der Waals surface area contributed by atoms with Gasteiger partial charge in [0.25, 0.3) is 0 Å². The van der Waals surface area contributed by atoms with Gasteiger partial charge in [-0.2, -0.15) is 0 Å². The lowest BCUT2D eigenvalue weighted by Crippen LogP contribution is -2.34. The first kappa shape index (κ1) is 57.2. The topological polar surface area (TPSA) is 172 Å². The van der Waals surface area contributed by atoms with E-state index in [1.807, 2.05) is 18.2 Å².